The monoisotopic (exact) mass is 381 g/mol. The number of nitrogens with zero attached hydrogens (tertiary/aromatic N) is 5. The second kappa shape index (κ2) is 6.95. The number of likely N-dealkylation sites (N-methyl/N-ethyl adjacent to an activating group) is 1. The Kier molecular flexibility index (Phi) is 4.86. The summed E-state index contributed by atoms with van der Waals surface area (Å²) in [6.07, 6.45) is 1.25. The van der Waals surface area contributed by atoms with Gasteiger partial charge in [0.2, 0.25) is 0 Å². The fourth-order valence-electron chi connectivity index (χ4n) is 2.73. The summed E-state index contributed by atoms with van der Waals surface area (Å²) < 4.78 is 44.0. The summed E-state index contributed by atoms with van der Waals surface area (Å²) in [6, 6.07) is 1.56. The van der Waals surface area contributed by atoms with E-state index in [-0.39, 0.29) is 22.3 Å². The maximum atomic E-state index is 14.5. The van der Waals surface area contributed by atoms with E-state index in [0.29, 0.717) is 19.2 Å². The third-order valence-electron chi connectivity index (χ3n) is 3.79. The smallest absolute Gasteiger partial charge is 0.255 e. The Bertz CT molecular complexity index is 1000. The quantitative estimate of drug-likeness (QED) is 0.376. The molecule has 3 aromatic rings. The van der Waals surface area contributed by atoms with E-state index in [9.17, 15) is 13.2 Å². The number of hydrogen-bond donors (Lipinski definition) is 0. The molecular formula is C17H15ClF3N5. The first-order valence-corrected chi connectivity index (χ1v) is 8.15. The summed E-state index contributed by atoms with van der Waals surface area (Å²) in [4.78, 5) is 9.77. The maximum Gasteiger partial charge on any atom is 0.255 e. The van der Waals surface area contributed by atoms with E-state index in [1.807, 2.05) is 13.8 Å². The predicted molar refractivity (Wildman–Crippen MR) is 93.8 cm³/mol. The average molecular weight is 382 g/mol. The molecule has 0 saturated carbocycles. The van der Waals surface area contributed by atoms with Crippen molar-refractivity contribution in [2.45, 2.75) is 13.8 Å². The Morgan fingerprint density at radius 1 is 1.23 bits per heavy atom. The molecule has 2 aromatic heterocycles. The van der Waals surface area contributed by atoms with Gasteiger partial charge in [-0.05, 0) is 26.0 Å². The number of rotatable bonds is 5. The summed E-state index contributed by atoms with van der Waals surface area (Å²) in [5, 5.41) is 3.87. The van der Waals surface area contributed by atoms with Crippen LogP contribution in [0.25, 0.3) is 16.9 Å². The third kappa shape index (κ3) is 3.01. The highest BCUT2D eigenvalue weighted by Gasteiger charge is 2.27. The minimum Gasteiger partial charge on any atom is -0.352 e. The molecule has 0 fully saturated rings. The molecule has 0 bridgehead atoms. The van der Waals surface area contributed by atoms with Gasteiger partial charge in [-0.3, -0.25) is 0 Å². The van der Waals surface area contributed by atoms with Crippen molar-refractivity contribution < 1.29 is 13.2 Å². The van der Waals surface area contributed by atoms with E-state index in [1.54, 1.807) is 4.90 Å². The first kappa shape index (κ1) is 18.2. The average Bonchev–Trinajstić information content (AvgIpc) is 3.04. The lowest BCUT2D eigenvalue weighted by Gasteiger charge is -2.26. The summed E-state index contributed by atoms with van der Waals surface area (Å²) >= 11 is 6.24. The van der Waals surface area contributed by atoms with Crippen LogP contribution in [0, 0.1) is 17.5 Å². The van der Waals surface area contributed by atoms with Crippen LogP contribution in [0.15, 0.2) is 30.6 Å². The maximum absolute atomic E-state index is 14.5. The topological polar surface area (TPSA) is 46.3 Å². The number of hydrogen-bond acceptors (Lipinski definition) is 4. The first-order valence-electron chi connectivity index (χ1n) is 7.77. The molecule has 0 N–H and O–H groups in total. The van der Waals surface area contributed by atoms with Gasteiger partial charge in [0, 0.05) is 13.1 Å². The molecule has 0 radical (unpaired) electrons. The van der Waals surface area contributed by atoms with Crippen LogP contribution >= 0.6 is 11.6 Å². The van der Waals surface area contributed by atoms with Crippen LogP contribution in [0.5, 0.6) is 0 Å². The van der Waals surface area contributed by atoms with E-state index >= 15 is 0 Å². The van der Waals surface area contributed by atoms with Gasteiger partial charge in [-0.1, -0.05) is 23.8 Å². The summed E-state index contributed by atoms with van der Waals surface area (Å²) in [6.45, 7) is 8.35. The molecule has 0 aliphatic carbocycles. The van der Waals surface area contributed by atoms with Gasteiger partial charge in [-0.15, -0.1) is 0 Å². The van der Waals surface area contributed by atoms with Crippen LogP contribution in [0.2, 0.25) is 5.15 Å². The highest BCUT2D eigenvalue weighted by molar-refractivity contribution is 6.33. The molecule has 2 heterocycles. The zero-order valence-corrected chi connectivity index (χ0v) is 14.9. The summed E-state index contributed by atoms with van der Waals surface area (Å²) in [5.41, 5.74) is 0.108. The van der Waals surface area contributed by atoms with Crippen molar-refractivity contribution in [1.82, 2.24) is 19.6 Å². The molecule has 136 valence electrons. The molecule has 0 aliphatic rings. The molecular weight excluding hydrogens is 367 g/mol. The van der Waals surface area contributed by atoms with E-state index in [1.165, 1.54) is 10.8 Å². The highest BCUT2D eigenvalue weighted by atomic mass is 35.5. The Labute approximate surface area is 152 Å². The zero-order valence-electron chi connectivity index (χ0n) is 14.1. The second-order valence-corrected chi connectivity index (χ2v) is 6.12. The molecule has 0 aliphatic heterocycles. The number of benzene rings is 1. The molecule has 0 amide bonds. The zero-order chi connectivity index (χ0) is 19.0. The lowest BCUT2D eigenvalue weighted by Crippen LogP contribution is -2.28. The van der Waals surface area contributed by atoms with Gasteiger partial charge in [-0.25, -0.2) is 13.2 Å². The van der Waals surface area contributed by atoms with Gasteiger partial charge in [0.1, 0.15) is 23.1 Å². The fourth-order valence-corrected chi connectivity index (χ4v) is 2.98. The van der Waals surface area contributed by atoms with Crippen molar-refractivity contribution in [2.75, 3.05) is 18.0 Å². The molecule has 0 spiro atoms. The van der Waals surface area contributed by atoms with Crippen molar-refractivity contribution in [3.8, 4) is 11.1 Å². The van der Waals surface area contributed by atoms with Crippen molar-refractivity contribution in [3.63, 3.8) is 0 Å². The molecule has 0 saturated heterocycles. The molecule has 3 rings (SSSR count). The molecule has 5 nitrogen and oxygen atoms in total. The lowest BCUT2D eigenvalue weighted by molar-refractivity contribution is 0.499. The van der Waals surface area contributed by atoms with E-state index in [4.69, 9.17) is 11.6 Å². The Balaban J connectivity index is 2.42. The molecule has 9 heteroatoms. The van der Waals surface area contributed by atoms with Gasteiger partial charge in [-0.2, -0.15) is 19.6 Å². The van der Waals surface area contributed by atoms with Crippen LogP contribution in [-0.4, -0.2) is 32.7 Å². The molecule has 0 atom stereocenters. The Morgan fingerprint density at radius 3 is 2.58 bits per heavy atom. The second-order valence-electron chi connectivity index (χ2n) is 5.76. The lowest BCUT2D eigenvalue weighted by atomic mass is 10.1. The number of anilines is 1. The van der Waals surface area contributed by atoms with Gasteiger partial charge >= 0.3 is 0 Å². The van der Waals surface area contributed by atoms with Gasteiger partial charge in [0.05, 0.1) is 11.1 Å². The largest absolute Gasteiger partial charge is 0.352 e. The van der Waals surface area contributed by atoms with Crippen molar-refractivity contribution >= 4 is 23.2 Å². The standard InChI is InChI=1S/C17H15ClF3N5/c1-4-25(7-9(2)3)16-13(12-10(19)5-6-11(20)14(12)21)15(18)24-17-22-8-23-26(16)17/h5-6,8H,2,4,7H2,1,3H3. The Hall–Kier alpha value is -2.61. The van der Waals surface area contributed by atoms with Crippen molar-refractivity contribution in [2.24, 2.45) is 0 Å². The van der Waals surface area contributed by atoms with Crippen LogP contribution in [-0.2, 0) is 0 Å². The number of fused-ring (bicyclic) bond motifs is 1. The molecule has 1 aromatic carbocycles. The van der Waals surface area contributed by atoms with Crippen molar-refractivity contribution in [1.29, 1.82) is 0 Å². The van der Waals surface area contributed by atoms with E-state index in [2.05, 4.69) is 21.6 Å². The molecule has 26 heavy (non-hydrogen) atoms. The fraction of sp³-hybridized carbons (Fsp3) is 0.235. The van der Waals surface area contributed by atoms with Crippen LogP contribution in [0.3, 0.4) is 0 Å². The summed E-state index contributed by atoms with van der Waals surface area (Å²) in [5.74, 6) is -3.08. The predicted octanol–water partition coefficient (Wildman–Crippen LogP) is 4.26. The van der Waals surface area contributed by atoms with Crippen LogP contribution < -0.4 is 4.90 Å². The highest BCUT2D eigenvalue weighted by Crippen LogP contribution is 2.39. The number of halogens is 4. The SMILES string of the molecule is C=C(C)CN(CC)c1c(-c2c(F)ccc(F)c2F)c(Cl)nc2ncnn12. The van der Waals surface area contributed by atoms with Gasteiger partial charge in [0.15, 0.2) is 11.6 Å². The van der Waals surface area contributed by atoms with Crippen LogP contribution in [0.4, 0.5) is 19.0 Å². The third-order valence-corrected chi connectivity index (χ3v) is 4.07. The minimum atomic E-state index is -1.35. The van der Waals surface area contributed by atoms with Crippen molar-refractivity contribution in [3.05, 3.63) is 53.2 Å². The van der Waals surface area contributed by atoms with Gasteiger partial charge in [0.25, 0.3) is 5.78 Å². The molecule has 0 unspecified atom stereocenters. The summed E-state index contributed by atoms with van der Waals surface area (Å²) in [7, 11) is 0. The first-order chi connectivity index (χ1) is 12.3. The van der Waals surface area contributed by atoms with E-state index in [0.717, 1.165) is 11.6 Å². The Morgan fingerprint density at radius 2 is 1.92 bits per heavy atom. The van der Waals surface area contributed by atoms with Gasteiger partial charge < -0.3 is 4.90 Å². The number of aromatic nitrogens is 4. The van der Waals surface area contributed by atoms with Crippen LogP contribution in [0.1, 0.15) is 13.8 Å². The minimum absolute atomic E-state index is 0.0951. The van der Waals surface area contributed by atoms with E-state index < -0.39 is 23.0 Å². The normalized spacial score (nSPS) is 11.2.